The van der Waals surface area contributed by atoms with Crippen LogP contribution in [-0.2, 0) is 6.18 Å². The molecule has 0 spiro atoms. The molecule has 0 heterocycles. The number of thioether (sulfide) groups is 1. The number of nitrogen functional groups attached to an aromatic ring is 1. The van der Waals surface area contributed by atoms with Crippen LogP contribution in [0.15, 0.2) is 18.2 Å². The number of nitrogens with two attached hydrogens (primary N) is 1. The Labute approximate surface area is 109 Å². The van der Waals surface area contributed by atoms with Gasteiger partial charge < -0.3 is 10.6 Å². The lowest BCUT2D eigenvalue weighted by molar-refractivity contribution is -0.136. The van der Waals surface area contributed by atoms with Gasteiger partial charge in [0.15, 0.2) is 0 Å². The molecule has 0 aliphatic heterocycles. The summed E-state index contributed by atoms with van der Waals surface area (Å²) in [6, 6.07) is 4.03. The van der Waals surface area contributed by atoms with Crippen LogP contribution in [0.2, 0.25) is 0 Å². The largest absolute Gasteiger partial charge is 0.418 e. The Bertz CT molecular complexity index is 393. The van der Waals surface area contributed by atoms with Crippen molar-refractivity contribution in [3.63, 3.8) is 0 Å². The third-order valence-corrected chi connectivity index (χ3v) is 3.32. The smallest absolute Gasteiger partial charge is 0.398 e. The number of nitrogens with zero attached hydrogens (tertiary/aromatic N) is 1. The molecule has 102 valence electrons. The highest BCUT2D eigenvalue weighted by Gasteiger charge is 2.33. The summed E-state index contributed by atoms with van der Waals surface area (Å²) in [4.78, 5) is 1.81. The standard InChI is InChI=1S/C12H17F3N2S/c1-17(6-3-7-18-2)9-4-5-11(16)10(8-9)12(13,14)15/h4-5,8H,3,6-7,16H2,1-2H3. The molecule has 1 rings (SSSR count). The Hall–Kier alpha value is -1.04. The molecule has 0 aromatic heterocycles. The number of benzene rings is 1. The molecule has 0 aliphatic rings. The monoisotopic (exact) mass is 278 g/mol. The Morgan fingerprint density at radius 3 is 2.56 bits per heavy atom. The van der Waals surface area contributed by atoms with E-state index in [2.05, 4.69) is 0 Å². The van der Waals surface area contributed by atoms with E-state index in [0.29, 0.717) is 5.69 Å². The second-order valence-corrected chi connectivity index (χ2v) is 5.02. The highest BCUT2D eigenvalue weighted by molar-refractivity contribution is 7.98. The van der Waals surface area contributed by atoms with Crippen LogP contribution in [-0.4, -0.2) is 25.6 Å². The molecule has 1 aromatic carbocycles. The molecule has 2 N–H and O–H groups in total. The number of alkyl halides is 3. The fourth-order valence-electron chi connectivity index (χ4n) is 1.60. The van der Waals surface area contributed by atoms with E-state index in [4.69, 9.17) is 5.73 Å². The van der Waals surface area contributed by atoms with Gasteiger partial charge in [-0.3, -0.25) is 0 Å². The quantitative estimate of drug-likeness (QED) is 0.660. The maximum Gasteiger partial charge on any atom is 0.418 e. The maximum atomic E-state index is 12.7. The molecular formula is C12H17F3N2S. The predicted molar refractivity (Wildman–Crippen MR) is 72.1 cm³/mol. The van der Waals surface area contributed by atoms with E-state index < -0.39 is 11.7 Å². The summed E-state index contributed by atoms with van der Waals surface area (Å²) in [5.74, 6) is 0.992. The van der Waals surface area contributed by atoms with Crippen LogP contribution >= 0.6 is 11.8 Å². The first-order valence-corrected chi connectivity index (χ1v) is 6.92. The lowest BCUT2D eigenvalue weighted by Gasteiger charge is -2.21. The number of rotatable bonds is 5. The average molecular weight is 278 g/mol. The summed E-state index contributed by atoms with van der Waals surface area (Å²) in [6.07, 6.45) is -1.46. The van der Waals surface area contributed by atoms with Gasteiger partial charge in [0.25, 0.3) is 0 Å². The van der Waals surface area contributed by atoms with Crippen LogP contribution in [0, 0.1) is 0 Å². The van der Waals surface area contributed by atoms with Gasteiger partial charge >= 0.3 is 6.18 Å². The van der Waals surface area contributed by atoms with E-state index in [9.17, 15) is 13.2 Å². The molecule has 0 fully saturated rings. The van der Waals surface area contributed by atoms with Gasteiger partial charge in [-0.15, -0.1) is 0 Å². The molecule has 0 atom stereocenters. The van der Waals surface area contributed by atoms with Crippen molar-refractivity contribution >= 4 is 23.1 Å². The topological polar surface area (TPSA) is 29.3 Å². The molecule has 0 aliphatic carbocycles. The average Bonchev–Trinajstić information content (AvgIpc) is 2.28. The van der Waals surface area contributed by atoms with Crippen LogP contribution < -0.4 is 10.6 Å². The van der Waals surface area contributed by atoms with Crippen LogP contribution in [0.4, 0.5) is 24.5 Å². The van der Waals surface area contributed by atoms with Crippen molar-refractivity contribution in [3.05, 3.63) is 23.8 Å². The van der Waals surface area contributed by atoms with Crippen molar-refractivity contribution in [3.8, 4) is 0 Å². The van der Waals surface area contributed by atoms with Gasteiger partial charge in [0, 0.05) is 25.0 Å². The molecule has 0 saturated carbocycles. The van der Waals surface area contributed by atoms with Crippen LogP contribution in [0.3, 0.4) is 0 Å². The lowest BCUT2D eigenvalue weighted by Crippen LogP contribution is -2.20. The molecule has 1 aromatic rings. The van der Waals surface area contributed by atoms with E-state index in [-0.39, 0.29) is 5.69 Å². The van der Waals surface area contributed by atoms with Gasteiger partial charge in [0.05, 0.1) is 5.56 Å². The van der Waals surface area contributed by atoms with Gasteiger partial charge in [0.1, 0.15) is 0 Å². The summed E-state index contributed by atoms with van der Waals surface area (Å²) < 4.78 is 38.1. The Kier molecular flexibility index (Phi) is 5.19. The van der Waals surface area contributed by atoms with Crippen LogP contribution in [0.1, 0.15) is 12.0 Å². The molecule has 18 heavy (non-hydrogen) atoms. The number of anilines is 2. The molecule has 2 nitrogen and oxygen atoms in total. The first kappa shape index (κ1) is 15.0. The summed E-state index contributed by atoms with van der Waals surface area (Å²) in [5, 5.41) is 0. The fourth-order valence-corrected chi connectivity index (χ4v) is 2.02. The van der Waals surface area contributed by atoms with E-state index in [1.807, 2.05) is 11.2 Å². The third-order valence-electron chi connectivity index (χ3n) is 2.63. The van der Waals surface area contributed by atoms with Crippen LogP contribution in [0.5, 0.6) is 0 Å². The normalized spacial score (nSPS) is 11.6. The first-order chi connectivity index (χ1) is 8.36. The third kappa shape index (κ3) is 4.01. The zero-order valence-corrected chi connectivity index (χ0v) is 11.2. The van der Waals surface area contributed by atoms with Gasteiger partial charge in [-0.05, 0) is 36.6 Å². The van der Waals surface area contributed by atoms with Gasteiger partial charge in [-0.2, -0.15) is 24.9 Å². The summed E-state index contributed by atoms with van der Waals surface area (Å²) in [5.41, 5.74) is 4.90. The van der Waals surface area contributed by atoms with Crippen molar-refractivity contribution in [2.24, 2.45) is 0 Å². The van der Waals surface area contributed by atoms with E-state index >= 15 is 0 Å². The Morgan fingerprint density at radius 1 is 1.33 bits per heavy atom. The van der Waals surface area contributed by atoms with Crippen molar-refractivity contribution in [2.45, 2.75) is 12.6 Å². The van der Waals surface area contributed by atoms with E-state index in [1.165, 1.54) is 6.07 Å². The Balaban J connectivity index is 2.84. The van der Waals surface area contributed by atoms with Crippen molar-refractivity contribution < 1.29 is 13.2 Å². The highest BCUT2D eigenvalue weighted by atomic mass is 32.2. The predicted octanol–water partition coefficient (Wildman–Crippen LogP) is 3.48. The van der Waals surface area contributed by atoms with Gasteiger partial charge in [-0.25, -0.2) is 0 Å². The minimum absolute atomic E-state index is 0.233. The minimum atomic E-state index is -4.40. The second-order valence-electron chi connectivity index (χ2n) is 4.04. The molecule has 6 heteroatoms. The molecule has 0 unspecified atom stereocenters. The zero-order chi connectivity index (χ0) is 13.8. The lowest BCUT2D eigenvalue weighted by atomic mass is 10.1. The summed E-state index contributed by atoms with van der Waals surface area (Å²) in [7, 11) is 1.78. The minimum Gasteiger partial charge on any atom is -0.398 e. The maximum absolute atomic E-state index is 12.7. The highest BCUT2D eigenvalue weighted by Crippen LogP contribution is 2.35. The van der Waals surface area contributed by atoms with E-state index in [0.717, 1.165) is 24.8 Å². The summed E-state index contributed by atoms with van der Waals surface area (Å²) in [6.45, 7) is 0.724. The Morgan fingerprint density at radius 2 is 2.00 bits per heavy atom. The SMILES string of the molecule is CSCCCN(C)c1ccc(N)c(C(F)(F)F)c1. The van der Waals surface area contributed by atoms with Gasteiger partial charge in [0.2, 0.25) is 0 Å². The van der Waals surface area contributed by atoms with Crippen molar-refractivity contribution in [1.82, 2.24) is 0 Å². The number of halogens is 3. The second kappa shape index (κ2) is 6.22. The molecule has 0 saturated heterocycles. The molecule has 0 radical (unpaired) electrons. The molecule has 0 bridgehead atoms. The van der Waals surface area contributed by atoms with E-state index in [1.54, 1.807) is 24.9 Å². The van der Waals surface area contributed by atoms with Gasteiger partial charge in [-0.1, -0.05) is 0 Å². The number of hydrogen-bond donors (Lipinski definition) is 1. The molecular weight excluding hydrogens is 261 g/mol. The fraction of sp³-hybridized carbons (Fsp3) is 0.500. The van der Waals surface area contributed by atoms with Crippen LogP contribution in [0.25, 0.3) is 0 Å². The molecule has 0 amide bonds. The van der Waals surface area contributed by atoms with Crippen molar-refractivity contribution in [1.29, 1.82) is 0 Å². The zero-order valence-electron chi connectivity index (χ0n) is 10.4. The van der Waals surface area contributed by atoms with Crippen molar-refractivity contribution in [2.75, 3.05) is 36.2 Å². The summed E-state index contributed by atoms with van der Waals surface area (Å²) >= 11 is 1.72. The first-order valence-electron chi connectivity index (χ1n) is 5.53. The number of hydrogen-bond acceptors (Lipinski definition) is 3.